The zero-order valence-corrected chi connectivity index (χ0v) is 26.2. The first-order valence-corrected chi connectivity index (χ1v) is 16.2. The first-order chi connectivity index (χ1) is 28.9. The zero-order valence-electron chi connectivity index (χ0n) is 36.2. The predicted molar refractivity (Wildman–Crippen MR) is 202 cm³/mol. The van der Waals surface area contributed by atoms with Crippen LogP contribution in [0, 0.1) is 0 Å². The quantitative estimate of drug-likeness (QED) is 0.208. The number of benzene rings is 7. The Morgan fingerprint density at radius 1 is 0.420 bits per heavy atom. The topological polar surface area (TPSA) is 54.5 Å². The number of aromatic amines is 1. The number of hydrogen-bond donors (Lipinski definition) is 1. The van der Waals surface area contributed by atoms with Gasteiger partial charge >= 0.3 is 0 Å². The van der Waals surface area contributed by atoms with Crippen molar-refractivity contribution in [1.82, 2.24) is 19.9 Å². The van der Waals surface area contributed by atoms with Crippen LogP contribution in [0.5, 0.6) is 0 Å². The summed E-state index contributed by atoms with van der Waals surface area (Å²) in [6.07, 6.45) is 0. The molecule has 0 fully saturated rings. The standard InChI is InChI=1S/C46H28N4/c1-3-14-28(15-4-1)43-48-44(29-16-5-2-6-17-29)50-45(49-43)35-22-13-21-32-33-26-27-39-40(42(33)47-41(32)35)34-20-9-12-25-38(34)46(39)36-23-10-7-18-30(36)31-19-8-11-24-37(31)46/h1-27,47H/i1D,2D,3D,4D,5D,6D,14D,15D,16D,17D. The summed E-state index contributed by atoms with van der Waals surface area (Å²) < 4.78 is 84.9. The Kier molecular flexibility index (Phi) is 3.94. The minimum absolute atomic E-state index is 0.00191. The first-order valence-electron chi connectivity index (χ1n) is 21.2. The number of nitrogens with one attached hydrogen (secondary N) is 1. The van der Waals surface area contributed by atoms with Gasteiger partial charge in [-0.25, -0.2) is 15.0 Å². The van der Waals surface area contributed by atoms with Crippen LogP contribution in [0.3, 0.4) is 0 Å². The zero-order chi connectivity index (χ0) is 41.5. The Labute approximate surface area is 302 Å². The van der Waals surface area contributed by atoms with Crippen molar-refractivity contribution >= 4 is 21.8 Å². The van der Waals surface area contributed by atoms with Crippen LogP contribution < -0.4 is 0 Å². The molecule has 9 aromatic rings. The fraction of sp³-hybridized carbons (Fsp3) is 0.0217. The SMILES string of the molecule is [2H]c1c([2H])c([2H])c(-c2nc(-c3c([2H])c([2H])c([2H])c([2H])c3[2H])nc(-c3cccc4c3[nH]c3c5c(ccc34)C3(c4ccccc4-c4ccccc43)c3ccccc3-5)n2)c([2H])c1[2H]. The summed E-state index contributed by atoms with van der Waals surface area (Å²) >= 11 is 0. The highest BCUT2D eigenvalue weighted by atomic mass is 15.0. The van der Waals surface area contributed by atoms with E-state index >= 15 is 0 Å². The lowest BCUT2D eigenvalue weighted by Crippen LogP contribution is -2.25. The average Bonchev–Trinajstić information content (AvgIpc) is 3.90. The third-order valence-corrected chi connectivity index (χ3v) is 10.1. The molecule has 0 aliphatic heterocycles. The van der Waals surface area contributed by atoms with E-state index in [1.807, 2.05) is 18.2 Å². The summed E-state index contributed by atoms with van der Waals surface area (Å²) in [5, 5.41) is 1.77. The van der Waals surface area contributed by atoms with Crippen molar-refractivity contribution in [1.29, 1.82) is 0 Å². The molecule has 0 saturated carbocycles. The van der Waals surface area contributed by atoms with Crippen LogP contribution in [-0.4, -0.2) is 19.9 Å². The van der Waals surface area contributed by atoms with Gasteiger partial charge in [-0.2, -0.15) is 0 Å². The maximum atomic E-state index is 8.76. The van der Waals surface area contributed by atoms with Gasteiger partial charge in [0.15, 0.2) is 17.5 Å². The third-order valence-electron chi connectivity index (χ3n) is 10.1. The van der Waals surface area contributed by atoms with Crippen molar-refractivity contribution in [2.75, 3.05) is 0 Å². The Balaban J connectivity index is 1.21. The molecule has 4 heteroatoms. The smallest absolute Gasteiger partial charge is 0.166 e. The number of nitrogens with zero attached hydrogens (tertiary/aromatic N) is 3. The maximum absolute atomic E-state index is 8.76. The highest BCUT2D eigenvalue weighted by molar-refractivity contribution is 6.17. The molecule has 2 aliphatic rings. The monoisotopic (exact) mass is 646 g/mol. The van der Waals surface area contributed by atoms with Crippen molar-refractivity contribution < 1.29 is 13.7 Å². The van der Waals surface area contributed by atoms with Crippen molar-refractivity contribution in [2.45, 2.75) is 5.41 Å². The van der Waals surface area contributed by atoms with Gasteiger partial charge in [0.05, 0.1) is 30.2 Å². The Bertz CT molecular complexity index is 3220. The molecule has 232 valence electrons. The van der Waals surface area contributed by atoms with Crippen LogP contribution >= 0.6 is 0 Å². The van der Waals surface area contributed by atoms with Crippen LogP contribution in [0.2, 0.25) is 0 Å². The lowest BCUT2D eigenvalue weighted by Gasteiger charge is -2.30. The van der Waals surface area contributed by atoms with Crippen molar-refractivity contribution in [3.05, 3.63) is 186 Å². The van der Waals surface area contributed by atoms with E-state index in [9.17, 15) is 0 Å². The molecule has 11 rings (SSSR count). The second kappa shape index (κ2) is 10.2. The van der Waals surface area contributed by atoms with Crippen LogP contribution in [-0.2, 0) is 5.41 Å². The van der Waals surface area contributed by atoms with Crippen molar-refractivity contribution in [3.8, 4) is 56.4 Å². The molecule has 0 radical (unpaired) electrons. The van der Waals surface area contributed by atoms with Crippen LogP contribution in [0.1, 0.15) is 36.0 Å². The van der Waals surface area contributed by atoms with E-state index in [2.05, 4.69) is 88.8 Å². The van der Waals surface area contributed by atoms with Crippen LogP contribution in [0.25, 0.3) is 78.2 Å². The lowest BCUT2D eigenvalue weighted by atomic mass is 9.70. The third kappa shape index (κ3) is 3.57. The minimum Gasteiger partial charge on any atom is -0.353 e. The second-order valence-electron chi connectivity index (χ2n) is 12.5. The molecule has 0 atom stereocenters. The number of aromatic nitrogens is 4. The lowest BCUT2D eigenvalue weighted by molar-refractivity contribution is 0.794. The largest absolute Gasteiger partial charge is 0.353 e. The molecular weight excluding hydrogens is 609 g/mol. The van der Waals surface area contributed by atoms with Gasteiger partial charge in [-0.05, 0) is 45.0 Å². The Hall–Kier alpha value is -6.65. The molecule has 50 heavy (non-hydrogen) atoms. The molecule has 0 unspecified atom stereocenters. The Morgan fingerprint density at radius 2 is 0.920 bits per heavy atom. The fourth-order valence-electron chi connectivity index (χ4n) is 8.20. The minimum atomic E-state index is -0.602. The number of para-hydroxylation sites is 1. The van der Waals surface area contributed by atoms with Gasteiger partial charge in [0.2, 0.25) is 0 Å². The van der Waals surface area contributed by atoms with Crippen LogP contribution in [0.4, 0.5) is 0 Å². The van der Waals surface area contributed by atoms with E-state index in [4.69, 9.17) is 23.7 Å². The summed E-state index contributed by atoms with van der Waals surface area (Å²) in [7, 11) is 0. The molecule has 0 bridgehead atoms. The van der Waals surface area contributed by atoms with Gasteiger partial charge in [-0.1, -0.05) is 157 Å². The average molecular weight is 647 g/mol. The molecule has 4 nitrogen and oxygen atoms in total. The first kappa shape index (κ1) is 19.4. The number of fused-ring (bicyclic) bond motifs is 14. The van der Waals surface area contributed by atoms with Gasteiger partial charge in [-0.3, -0.25) is 0 Å². The highest BCUT2D eigenvalue weighted by Gasteiger charge is 2.52. The second-order valence-corrected chi connectivity index (χ2v) is 12.5. The predicted octanol–water partition coefficient (Wildman–Crippen LogP) is 10.9. The number of hydrogen-bond acceptors (Lipinski definition) is 3. The fourth-order valence-corrected chi connectivity index (χ4v) is 8.20. The summed E-state index contributed by atoms with van der Waals surface area (Å²) in [4.78, 5) is 17.7. The molecule has 1 N–H and O–H groups in total. The van der Waals surface area contributed by atoms with Gasteiger partial charge in [0.1, 0.15) is 0 Å². The van der Waals surface area contributed by atoms with E-state index in [1.165, 1.54) is 27.8 Å². The van der Waals surface area contributed by atoms with Gasteiger partial charge < -0.3 is 4.98 Å². The summed E-state index contributed by atoms with van der Waals surface area (Å²) in [6, 6.07) is 29.7. The van der Waals surface area contributed by atoms with Gasteiger partial charge in [-0.15, -0.1) is 0 Å². The van der Waals surface area contributed by atoms with Crippen molar-refractivity contribution in [3.63, 3.8) is 0 Å². The number of H-pyrrole nitrogens is 1. The maximum Gasteiger partial charge on any atom is 0.166 e. The van der Waals surface area contributed by atoms with Gasteiger partial charge in [0.25, 0.3) is 0 Å². The molecular formula is C46H28N4. The molecule has 2 aliphatic carbocycles. The molecule has 0 amide bonds. The Morgan fingerprint density at radius 3 is 1.54 bits per heavy atom. The molecule has 2 heterocycles. The summed E-state index contributed by atoms with van der Waals surface area (Å²) in [6.45, 7) is 0. The summed E-state index contributed by atoms with van der Waals surface area (Å²) in [5.74, 6) is -0.637. The number of rotatable bonds is 3. The summed E-state index contributed by atoms with van der Waals surface area (Å²) in [5.41, 5.74) is 10.0. The molecule has 1 spiro atoms. The molecule has 0 saturated heterocycles. The van der Waals surface area contributed by atoms with Gasteiger partial charge in [0, 0.05) is 33.0 Å². The van der Waals surface area contributed by atoms with E-state index < -0.39 is 65.8 Å². The molecule has 2 aromatic heterocycles. The van der Waals surface area contributed by atoms with Crippen molar-refractivity contribution in [2.24, 2.45) is 0 Å². The van der Waals surface area contributed by atoms with E-state index in [1.54, 1.807) is 6.07 Å². The highest BCUT2D eigenvalue weighted by Crippen LogP contribution is 2.63. The van der Waals surface area contributed by atoms with E-state index in [0.29, 0.717) is 11.1 Å². The van der Waals surface area contributed by atoms with Crippen LogP contribution in [0.15, 0.2) is 164 Å². The molecule has 7 aromatic carbocycles. The van der Waals surface area contributed by atoms with E-state index in [0.717, 1.165) is 33.0 Å². The van der Waals surface area contributed by atoms with E-state index in [-0.39, 0.29) is 28.6 Å². The normalized spacial score (nSPS) is 16.2.